The van der Waals surface area contributed by atoms with E-state index < -0.39 is 5.69 Å². The quantitative estimate of drug-likeness (QED) is 0.499. The molecular formula is C24H23N5O2. The molecule has 7 nitrogen and oxygen atoms in total. The normalized spacial score (nSPS) is 11.0. The van der Waals surface area contributed by atoms with Crippen molar-refractivity contribution in [3.8, 4) is 17.2 Å². The van der Waals surface area contributed by atoms with E-state index in [1.54, 1.807) is 11.6 Å². The third-order valence-electron chi connectivity index (χ3n) is 5.22. The molecule has 0 saturated heterocycles. The smallest absolute Gasteiger partial charge is 0.362 e. The van der Waals surface area contributed by atoms with E-state index in [0.29, 0.717) is 23.5 Å². The number of nitrogens with one attached hydrogen (secondary N) is 1. The molecule has 4 rings (SSSR count). The van der Waals surface area contributed by atoms with E-state index in [2.05, 4.69) is 23.1 Å². The lowest BCUT2D eigenvalue weighted by atomic mass is 9.97. The van der Waals surface area contributed by atoms with Gasteiger partial charge in [0.25, 0.3) is 0 Å². The van der Waals surface area contributed by atoms with Gasteiger partial charge in [-0.15, -0.1) is 0 Å². The molecule has 0 saturated carbocycles. The predicted molar refractivity (Wildman–Crippen MR) is 118 cm³/mol. The molecule has 2 aromatic carbocycles. The van der Waals surface area contributed by atoms with Crippen molar-refractivity contribution in [2.45, 2.75) is 32.8 Å². The van der Waals surface area contributed by atoms with Crippen molar-refractivity contribution in [1.29, 1.82) is 5.26 Å². The Balaban J connectivity index is 1.74. The minimum absolute atomic E-state index is 0.285. The molecular weight excluding hydrogens is 390 g/mol. The maximum atomic E-state index is 12.0. The Labute approximate surface area is 180 Å². The van der Waals surface area contributed by atoms with Crippen LogP contribution in [0.15, 0.2) is 53.3 Å². The molecule has 7 heteroatoms. The molecule has 1 N–H and O–H groups in total. The summed E-state index contributed by atoms with van der Waals surface area (Å²) < 4.78 is 6.88. The Bertz CT molecular complexity index is 1310. The number of H-pyrrole nitrogens is 1. The molecule has 0 bridgehead atoms. The van der Waals surface area contributed by atoms with Gasteiger partial charge in [-0.2, -0.15) is 10.2 Å². The van der Waals surface area contributed by atoms with Gasteiger partial charge in [0.15, 0.2) is 11.5 Å². The zero-order valence-electron chi connectivity index (χ0n) is 17.6. The number of hydrogen-bond donors (Lipinski definition) is 1. The maximum absolute atomic E-state index is 12.0. The molecule has 0 spiro atoms. The second-order valence-corrected chi connectivity index (χ2v) is 7.36. The van der Waals surface area contributed by atoms with E-state index >= 15 is 0 Å². The lowest BCUT2D eigenvalue weighted by molar-refractivity contribution is 0.175. The first-order valence-electron chi connectivity index (χ1n) is 10.2. The van der Waals surface area contributed by atoms with Crippen LogP contribution in [0, 0.1) is 11.3 Å². The number of ether oxygens (including phenoxy) is 1. The molecule has 0 atom stereocenters. The summed E-state index contributed by atoms with van der Waals surface area (Å²) in [6.07, 6.45) is 2.32. The van der Waals surface area contributed by atoms with Crippen LogP contribution < -0.4 is 5.69 Å². The number of aromatic amines is 1. The van der Waals surface area contributed by atoms with Crippen LogP contribution in [0.4, 0.5) is 0 Å². The number of nitrogens with zero attached hydrogens (tertiary/aromatic N) is 4. The molecule has 2 heterocycles. The number of benzene rings is 2. The fourth-order valence-corrected chi connectivity index (χ4v) is 3.80. The van der Waals surface area contributed by atoms with Crippen molar-refractivity contribution in [2.24, 2.45) is 0 Å². The van der Waals surface area contributed by atoms with Crippen LogP contribution in [0.3, 0.4) is 0 Å². The zero-order chi connectivity index (χ0) is 21.8. The summed E-state index contributed by atoms with van der Waals surface area (Å²) in [5.41, 5.74) is 5.68. The van der Waals surface area contributed by atoms with Gasteiger partial charge in [-0.25, -0.2) is 19.4 Å². The first kappa shape index (κ1) is 20.5. The molecule has 0 radical (unpaired) electrons. The minimum atomic E-state index is -0.405. The molecule has 0 aliphatic rings. The monoisotopic (exact) mass is 413 g/mol. The molecule has 0 unspecified atom stereocenters. The second kappa shape index (κ2) is 8.94. The van der Waals surface area contributed by atoms with E-state index in [9.17, 15) is 10.1 Å². The van der Waals surface area contributed by atoms with Gasteiger partial charge in [0.1, 0.15) is 6.61 Å². The summed E-state index contributed by atoms with van der Waals surface area (Å²) in [5.74, 6) is 0.628. The van der Waals surface area contributed by atoms with Crippen LogP contribution in [-0.4, -0.2) is 26.7 Å². The molecule has 156 valence electrons. The van der Waals surface area contributed by atoms with Gasteiger partial charge in [-0.05, 0) is 29.2 Å². The van der Waals surface area contributed by atoms with Crippen LogP contribution in [0.5, 0.6) is 0 Å². The van der Waals surface area contributed by atoms with Gasteiger partial charge in [0.05, 0.1) is 11.6 Å². The van der Waals surface area contributed by atoms with Crippen molar-refractivity contribution in [3.63, 3.8) is 0 Å². The van der Waals surface area contributed by atoms with Crippen molar-refractivity contribution in [3.05, 3.63) is 87.2 Å². The van der Waals surface area contributed by atoms with Crippen LogP contribution in [0.1, 0.15) is 41.6 Å². The Morgan fingerprint density at radius 2 is 1.90 bits per heavy atom. The molecule has 0 fully saturated rings. The van der Waals surface area contributed by atoms with E-state index in [1.807, 2.05) is 48.5 Å². The highest BCUT2D eigenvalue weighted by Gasteiger charge is 2.17. The number of methoxy groups -OCH3 is 1. The lowest BCUT2D eigenvalue weighted by Gasteiger charge is -2.13. The first-order chi connectivity index (χ1) is 15.1. The number of fused-ring (bicyclic) bond motifs is 1. The summed E-state index contributed by atoms with van der Waals surface area (Å²) in [7, 11) is 1.60. The molecule has 0 amide bonds. The Morgan fingerprint density at radius 1 is 1.13 bits per heavy atom. The van der Waals surface area contributed by atoms with Gasteiger partial charge < -0.3 is 4.74 Å². The van der Waals surface area contributed by atoms with Crippen molar-refractivity contribution >= 4 is 5.65 Å². The molecule has 4 aromatic rings. The minimum Gasteiger partial charge on any atom is -0.377 e. The predicted octanol–water partition coefficient (Wildman–Crippen LogP) is 3.65. The van der Waals surface area contributed by atoms with Gasteiger partial charge >= 0.3 is 5.69 Å². The molecule has 2 aromatic heterocycles. The van der Waals surface area contributed by atoms with E-state index in [1.165, 1.54) is 0 Å². The van der Waals surface area contributed by atoms with E-state index in [0.717, 1.165) is 40.8 Å². The number of aryl methyl sites for hydroxylation is 1. The number of hydrogen-bond acceptors (Lipinski definition) is 5. The Kier molecular flexibility index (Phi) is 5.92. The number of aromatic nitrogens is 4. The summed E-state index contributed by atoms with van der Waals surface area (Å²) in [6, 6.07) is 17.9. The van der Waals surface area contributed by atoms with E-state index in [-0.39, 0.29) is 6.61 Å². The summed E-state index contributed by atoms with van der Waals surface area (Å²) in [6.45, 7) is 2.39. The molecule has 31 heavy (non-hydrogen) atoms. The van der Waals surface area contributed by atoms with Crippen LogP contribution >= 0.6 is 0 Å². The molecule has 0 aliphatic carbocycles. The van der Waals surface area contributed by atoms with Crippen LogP contribution in [0.2, 0.25) is 0 Å². The average molecular weight is 413 g/mol. The third kappa shape index (κ3) is 4.11. The second-order valence-electron chi connectivity index (χ2n) is 7.36. The fourth-order valence-electron chi connectivity index (χ4n) is 3.80. The topological polar surface area (TPSA) is 96.1 Å². The van der Waals surface area contributed by atoms with Crippen molar-refractivity contribution in [2.75, 3.05) is 7.11 Å². The van der Waals surface area contributed by atoms with Crippen LogP contribution in [0.25, 0.3) is 16.8 Å². The van der Waals surface area contributed by atoms with E-state index in [4.69, 9.17) is 9.72 Å². The van der Waals surface area contributed by atoms with Gasteiger partial charge in [0.2, 0.25) is 0 Å². The number of rotatable bonds is 7. The Hall–Kier alpha value is -3.76. The zero-order valence-corrected chi connectivity index (χ0v) is 17.6. The summed E-state index contributed by atoms with van der Waals surface area (Å²) in [5, 5.41) is 12.1. The highest BCUT2D eigenvalue weighted by molar-refractivity contribution is 5.70. The largest absolute Gasteiger partial charge is 0.377 e. The van der Waals surface area contributed by atoms with Crippen molar-refractivity contribution in [1.82, 2.24) is 19.6 Å². The average Bonchev–Trinajstić information content (AvgIpc) is 3.19. The SMILES string of the molecule is CCCc1nc(COC)n2[nH]c(=O)nc2c1Cc1ccc(-c2ccccc2C#N)cc1. The highest BCUT2D eigenvalue weighted by atomic mass is 16.5. The standard InChI is InChI=1S/C24H23N5O2/c1-3-6-21-20(23-27-24(30)28-29(23)22(26-21)15-31-2)13-16-9-11-17(12-10-16)19-8-5-4-7-18(19)14-25/h4-5,7-12H,3,6,13,15H2,1-2H3,(H,28,30). The maximum Gasteiger partial charge on any atom is 0.362 e. The van der Waals surface area contributed by atoms with Crippen molar-refractivity contribution < 1.29 is 4.74 Å². The summed E-state index contributed by atoms with van der Waals surface area (Å²) >= 11 is 0. The first-order valence-corrected chi connectivity index (χ1v) is 10.2. The fraction of sp³-hybridized carbons (Fsp3) is 0.250. The van der Waals surface area contributed by atoms with Gasteiger partial charge in [-0.1, -0.05) is 55.8 Å². The summed E-state index contributed by atoms with van der Waals surface area (Å²) in [4.78, 5) is 21.0. The highest BCUT2D eigenvalue weighted by Crippen LogP contribution is 2.25. The third-order valence-corrected chi connectivity index (χ3v) is 5.22. The molecule has 0 aliphatic heterocycles. The van der Waals surface area contributed by atoms with Crippen LogP contribution in [-0.2, 0) is 24.2 Å². The number of nitriles is 1. The van der Waals surface area contributed by atoms with Gasteiger partial charge in [0, 0.05) is 24.8 Å². The van der Waals surface area contributed by atoms with Gasteiger partial charge in [-0.3, -0.25) is 0 Å². The Morgan fingerprint density at radius 3 is 2.61 bits per heavy atom. The lowest BCUT2D eigenvalue weighted by Crippen LogP contribution is -2.12.